The molecule has 0 saturated heterocycles. The Hall–Kier alpha value is -1.94. The average Bonchev–Trinajstić information content (AvgIpc) is 3.28. The van der Waals surface area contributed by atoms with Crippen LogP contribution in [0, 0.1) is 23.7 Å². The maximum absolute atomic E-state index is 13.0. The molecular weight excluding hydrogens is 1190 g/mol. The number of phosphoric ester groups is 2. The van der Waals surface area contributed by atoms with Gasteiger partial charge in [0.25, 0.3) is 0 Å². The molecule has 0 heterocycles. The molecule has 0 aliphatic carbocycles. The summed E-state index contributed by atoms with van der Waals surface area (Å²) in [5, 5.41) is 10.6. The predicted molar refractivity (Wildman–Crippen MR) is 363 cm³/mol. The van der Waals surface area contributed by atoms with Gasteiger partial charge in [0.05, 0.1) is 26.4 Å². The summed E-state index contributed by atoms with van der Waals surface area (Å²) in [6.45, 7) is 14.0. The van der Waals surface area contributed by atoms with Crippen molar-refractivity contribution in [2.24, 2.45) is 23.7 Å². The van der Waals surface area contributed by atoms with Gasteiger partial charge in [0.15, 0.2) is 12.2 Å². The quantitative estimate of drug-likeness (QED) is 0.0222. The van der Waals surface area contributed by atoms with E-state index >= 15 is 0 Å². The average molecular weight is 1330 g/mol. The molecule has 0 saturated carbocycles. The number of carbonyl (C=O) groups is 4. The Balaban J connectivity index is 5.18. The first-order valence-corrected chi connectivity index (χ1v) is 39.7. The van der Waals surface area contributed by atoms with E-state index < -0.39 is 97.5 Å². The third kappa shape index (κ3) is 63.5. The van der Waals surface area contributed by atoms with Gasteiger partial charge in [-0.15, -0.1) is 0 Å². The Morgan fingerprint density at radius 2 is 0.533 bits per heavy atom. The van der Waals surface area contributed by atoms with E-state index in [1.165, 1.54) is 148 Å². The molecule has 0 aromatic carbocycles. The van der Waals surface area contributed by atoms with Crippen LogP contribution in [0.4, 0.5) is 0 Å². The molecule has 0 fully saturated rings. The summed E-state index contributed by atoms with van der Waals surface area (Å²) >= 11 is 0. The highest BCUT2D eigenvalue weighted by Crippen LogP contribution is 2.45. The van der Waals surface area contributed by atoms with Crippen molar-refractivity contribution in [2.45, 2.75) is 369 Å². The first kappa shape index (κ1) is 88.1. The van der Waals surface area contributed by atoms with E-state index in [4.69, 9.17) is 37.0 Å². The van der Waals surface area contributed by atoms with Crippen molar-refractivity contribution in [3.63, 3.8) is 0 Å². The van der Waals surface area contributed by atoms with Crippen molar-refractivity contribution in [3.8, 4) is 0 Å². The molecule has 0 aromatic rings. The number of aliphatic hydroxyl groups excluding tert-OH is 1. The maximum Gasteiger partial charge on any atom is 0.472 e. The van der Waals surface area contributed by atoms with Gasteiger partial charge in [-0.05, 0) is 49.4 Å². The smallest absolute Gasteiger partial charge is 0.462 e. The van der Waals surface area contributed by atoms with Gasteiger partial charge in [-0.25, -0.2) is 9.13 Å². The lowest BCUT2D eigenvalue weighted by atomic mass is 10.00. The summed E-state index contributed by atoms with van der Waals surface area (Å²) < 4.78 is 68.2. The lowest BCUT2D eigenvalue weighted by Gasteiger charge is -2.21. The fourth-order valence-corrected chi connectivity index (χ4v) is 12.2. The highest BCUT2D eigenvalue weighted by Gasteiger charge is 2.30. The number of hydrogen-bond acceptors (Lipinski definition) is 15. The molecule has 3 N–H and O–H groups in total. The summed E-state index contributed by atoms with van der Waals surface area (Å²) in [6, 6.07) is 0. The van der Waals surface area contributed by atoms with Gasteiger partial charge in [-0.3, -0.25) is 37.3 Å². The summed E-state index contributed by atoms with van der Waals surface area (Å²) in [4.78, 5) is 72.5. The van der Waals surface area contributed by atoms with Crippen LogP contribution in [0.5, 0.6) is 0 Å². The Bertz CT molecular complexity index is 1780. The van der Waals surface area contributed by atoms with Gasteiger partial charge >= 0.3 is 39.5 Å². The molecule has 0 amide bonds. The SMILES string of the molecule is CCC(C)CCCCCCCCC(=O)OC[C@H](COP(=O)(O)OC[C@H](O)COP(=O)(O)OC[C@@H](COC(=O)CCCCCCCCCCCCCCCCCC(C)C)OC(=O)CCCCCCCCC(C)C)OC(=O)CCCCCCCCCCCCC(C)C. The molecule has 90 heavy (non-hydrogen) atoms. The third-order valence-electron chi connectivity index (χ3n) is 16.7. The van der Waals surface area contributed by atoms with Crippen LogP contribution >= 0.6 is 15.6 Å². The van der Waals surface area contributed by atoms with Crippen LogP contribution in [0.1, 0.15) is 351 Å². The fraction of sp³-hybridized carbons (Fsp3) is 0.944. The largest absolute Gasteiger partial charge is 0.472 e. The number of phosphoric acid groups is 2. The van der Waals surface area contributed by atoms with Crippen LogP contribution in [0.2, 0.25) is 0 Å². The van der Waals surface area contributed by atoms with Gasteiger partial charge in [0.2, 0.25) is 0 Å². The van der Waals surface area contributed by atoms with Crippen LogP contribution < -0.4 is 0 Å². The number of ether oxygens (including phenoxy) is 4. The fourth-order valence-electron chi connectivity index (χ4n) is 10.6. The number of unbranched alkanes of at least 4 members (excludes halogenated alkanes) is 33. The van der Waals surface area contributed by atoms with Gasteiger partial charge in [-0.2, -0.15) is 0 Å². The summed E-state index contributed by atoms with van der Waals surface area (Å²) in [6.07, 6.45) is 43.3. The molecule has 0 spiro atoms. The number of hydrogen-bond donors (Lipinski definition) is 3. The van der Waals surface area contributed by atoms with Gasteiger partial charge < -0.3 is 33.8 Å². The van der Waals surface area contributed by atoms with Gasteiger partial charge in [-0.1, -0.05) is 299 Å². The molecule has 0 radical (unpaired) electrons. The van der Waals surface area contributed by atoms with Crippen LogP contribution in [0.3, 0.4) is 0 Å². The van der Waals surface area contributed by atoms with Crippen molar-refractivity contribution in [2.75, 3.05) is 39.6 Å². The molecule has 0 aliphatic rings. The lowest BCUT2D eigenvalue weighted by Crippen LogP contribution is -2.30. The maximum atomic E-state index is 13.0. The molecular formula is C71H138O17P2. The standard InChI is InChI=1S/C71H138O17P2/c1-9-64(8)50-42-34-28-30-36-44-52-69(74)82-58-66(87-70(75)53-45-37-26-22-18-17-20-24-32-40-48-62(4)5)59-85-89(77,78)83-55-65(72)56-84-90(79,80)86-60-67(88-71(76)54-46-38-29-27-33-41-49-63(6)7)57-81-68(73)51-43-35-25-21-16-14-12-10-11-13-15-19-23-31-39-47-61(2)3/h61-67,72H,9-60H2,1-8H3,(H,77,78)(H,79,80)/t64?,65-,66+,67+/m0/s1. The van der Waals surface area contributed by atoms with Gasteiger partial charge in [0, 0.05) is 25.7 Å². The molecule has 0 aliphatic heterocycles. The van der Waals surface area contributed by atoms with E-state index in [1.807, 2.05) is 0 Å². The molecule has 0 aromatic heterocycles. The zero-order valence-electron chi connectivity index (χ0n) is 58.8. The van der Waals surface area contributed by atoms with E-state index in [9.17, 15) is 43.2 Å². The minimum absolute atomic E-state index is 0.102. The van der Waals surface area contributed by atoms with E-state index in [0.717, 1.165) is 114 Å². The third-order valence-corrected chi connectivity index (χ3v) is 18.6. The predicted octanol–water partition coefficient (Wildman–Crippen LogP) is 20.1. The normalized spacial score (nSPS) is 14.6. The summed E-state index contributed by atoms with van der Waals surface area (Å²) in [7, 11) is -9.90. The van der Waals surface area contributed by atoms with Crippen LogP contribution in [-0.4, -0.2) is 96.7 Å². The number of carbonyl (C=O) groups excluding carboxylic acids is 4. The van der Waals surface area contributed by atoms with E-state index in [1.54, 1.807) is 0 Å². The zero-order valence-corrected chi connectivity index (χ0v) is 60.6. The molecule has 534 valence electrons. The van der Waals surface area contributed by atoms with Crippen molar-refractivity contribution >= 4 is 39.5 Å². The second kappa shape index (κ2) is 60.7. The van der Waals surface area contributed by atoms with E-state index in [-0.39, 0.29) is 25.7 Å². The van der Waals surface area contributed by atoms with Crippen molar-refractivity contribution < 1.29 is 80.2 Å². The second-order valence-corrected chi connectivity index (χ2v) is 30.2. The van der Waals surface area contributed by atoms with Crippen molar-refractivity contribution in [3.05, 3.63) is 0 Å². The summed E-state index contributed by atoms with van der Waals surface area (Å²) in [5.74, 6) is 0.825. The summed E-state index contributed by atoms with van der Waals surface area (Å²) in [5.41, 5.74) is 0. The second-order valence-electron chi connectivity index (χ2n) is 27.3. The Labute approximate surface area is 549 Å². The van der Waals surface area contributed by atoms with Crippen LogP contribution in [-0.2, 0) is 65.4 Å². The highest BCUT2D eigenvalue weighted by molar-refractivity contribution is 7.47. The topological polar surface area (TPSA) is 237 Å². The molecule has 0 bridgehead atoms. The zero-order chi connectivity index (χ0) is 66.8. The minimum atomic E-state index is -4.95. The first-order chi connectivity index (χ1) is 43.1. The molecule has 19 heteroatoms. The van der Waals surface area contributed by atoms with Gasteiger partial charge in [0.1, 0.15) is 19.3 Å². The van der Waals surface area contributed by atoms with Crippen molar-refractivity contribution in [1.29, 1.82) is 0 Å². The van der Waals surface area contributed by atoms with Crippen molar-refractivity contribution in [1.82, 2.24) is 0 Å². The molecule has 0 rings (SSSR count). The van der Waals surface area contributed by atoms with Crippen LogP contribution in [0.25, 0.3) is 0 Å². The Kier molecular flexibility index (Phi) is 59.4. The number of esters is 4. The Morgan fingerprint density at radius 1 is 0.311 bits per heavy atom. The molecule has 6 atom stereocenters. The minimum Gasteiger partial charge on any atom is -0.462 e. The monoisotopic (exact) mass is 1320 g/mol. The Morgan fingerprint density at radius 3 is 0.789 bits per heavy atom. The van der Waals surface area contributed by atoms with Crippen LogP contribution in [0.15, 0.2) is 0 Å². The van der Waals surface area contributed by atoms with E-state index in [2.05, 4.69) is 55.4 Å². The highest BCUT2D eigenvalue weighted by atomic mass is 31.2. The lowest BCUT2D eigenvalue weighted by molar-refractivity contribution is -0.161. The first-order valence-electron chi connectivity index (χ1n) is 36.7. The van der Waals surface area contributed by atoms with E-state index in [0.29, 0.717) is 31.6 Å². The molecule has 17 nitrogen and oxygen atoms in total. The molecule has 3 unspecified atom stereocenters. The number of aliphatic hydroxyl groups is 1. The number of rotatable bonds is 68.